The van der Waals surface area contributed by atoms with Crippen LogP contribution in [0.15, 0.2) is 24.3 Å². The molecule has 0 bridgehead atoms. The highest BCUT2D eigenvalue weighted by Crippen LogP contribution is 2.49. The average molecular weight is 479 g/mol. The Morgan fingerprint density at radius 3 is 2.59 bits per heavy atom. The van der Waals surface area contributed by atoms with E-state index in [-0.39, 0.29) is 48.6 Å². The van der Waals surface area contributed by atoms with Crippen molar-refractivity contribution in [2.45, 2.75) is 18.8 Å². The molecule has 1 heterocycles. The number of hydroxylamine groups is 2. The van der Waals surface area contributed by atoms with Gasteiger partial charge in [0.05, 0.1) is 12.2 Å². The zero-order valence-electron chi connectivity index (χ0n) is 15.0. The lowest BCUT2D eigenvalue weighted by Crippen LogP contribution is -2.52. The van der Waals surface area contributed by atoms with E-state index in [1.165, 1.54) is 10.7 Å². The predicted octanol–water partition coefficient (Wildman–Crippen LogP) is 4.15. The molecule has 0 saturated carbocycles. The lowest BCUT2D eigenvalue weighted by atomic mass is 10.2. The summed E-state index contributed by atoms with van der Waals surface area (Å²) in [5, 5.41) is 15.2. The Hall–Kier alpha value is -1.07. The molecule has 3 N–H and O–H groups in total. The Labute approximate surface area is 175 Å². The highest BCUT2D eigenvalue weighted by molar-refractivity contribution is 7.54. The number of hydrogen-bond acceptors (Lipinski definition) is 4. The normalized spacial score (nSPS) is 22.5. The van der Waals surface area contributed by atoms with Crippen LogP contribution < -0.4 is 10.4 Å². The molecule has 0 aromatic heterocycles. The molecule has 164 valence electrons. The van der Waals surface area contributed by atoms with Crippen LogP contribution in [0.5, 0.6) is 0 Å². The van der Waals surface area contributed by atoms with Crippen LogP contribution in [-0.4, -0.2) is 58.6 Å². The first-order chi connectivity index (χ1) is 13.6. The van der Waals surface area contributed by atoms with E-state index in [0.29, 0.717) is 0 Å². The Morgan fingerprint density at radius 2 is 2.00 bits per heavy atom. The molecule has 8 nitrogen and oxygen atoms in total. The van der Waals surface area contributed by atoms with E-state index < -0.39 is 31.6 Å². The largest absolute Gasteiger partial charge is 0.416 e. The van der Waals surface area contributed by atoms with E-state index in [1.54, 1.807) is 0 Å². The van der Waals surface area contributed by atoms with Gasteiger partial charge in [0, 0.05) is 37.0 Å². The monoisotopic (exact) mass is 478 g/mol. The zero-order chi connectivity index (χ0) is 21.7. The molecule has 29 heavy (non-hydrogen) atoms. The first-order valence-electron chi connectivity index (χ1n) is 8.47. The van der Waals surface area contributed by atoms with E-state index in [9.17, 15) is 27.7 Å². The van der Waals surface area contributed by atoms with Crippen molar-refractivity contribution in [3.05, 3.63) is 29.8 Å². The number of benzene rings is 1. The standard InChI is InChI=1S/C15H20Cl2F3N4O4P/c16-5-7-23(8-6-17)29(27)22-13(4-9-28-29)24(26)14(25)21-12-3-1-2-11(10-12)15(18,19)20/h1-3,10,13,26H,4-9H2,(H,21,25)(H,22,27). The van der Waals surface area contributed by atoms with Crippen LogP contribution in [0.3, 0.4) is 0 Å². The number of urea groups is 1. The fraction of sp³-hybridized carbons (Fsp3) is 0.533. The number of anilines is 1. The molecular weight excluding hydrogens is 459 g/mol. The van der Waals surface area contributed by atoms with Gasteiger partial charge in [-0.2, -0.15) is 18.2 Å². The molecule has 1 saturated heterocycles. The highest BCUT2D eigenvalue weighted by Gasteiger charge is 2.40. The van der Waals surface area contributed by atoms with Gasteiger partial charge < -0.3 is 9.84 Å². The van der Waals surface area contributed by atoms with Gasteiger partial charge in [0.1, 0.15) is 6.17 Å². The summed E-state index contributed by atoms with van der Waals surface area (Å²) in [7, 11) is -3.63. The average Bonchev–Trinajstić information content (AvgIpc) is 2.67. The van der Waals surface area contributed by atoms with Crippen LogP contribution in [0.1, 0.15) is 12.0 Å². The maximum absolute atomic E-state index is 13.0. The quantitative estimate of drug-likeness (QED) is 0.236. The van der Waals surface area contributed by atoms with Crippen molar-refractivity contribution < 1.29 is 32.3 Å². The van der Waals surface area contributed by atoms with Crippen molar-refractivity contribution in [1.82, 2.24) is 14.8 Å². The molecule has 1 fully saturated rings. The summed E-state index contributed by atoms with van der Waals surface area (Å²) in [6.07, 6.45) is -5.59. The van der Waals surface area contributed by atoms with Crippen molar-refractivity contribution in [3.8, 4) is 0 Å². The van der Waals surface area contributed by atoms with E-state index in [0.717, 1.165) is 18.2 Å². The smallest absolute Gasteiger partial charge is 0.306 e. The second-order valence-electron chi connectivity index (χ2n) is 5.97. The Kier molecular flexibility index (Phi) is 8.59. The van der Waals surface area contributed by atoms with Crippen LogP contribution in [0.4, 0.5) is 23.7 Å². The summed E-state index contributed by atoms with van der Waals surface area (Å²) >= 11 is 11.4. The van der Waals surface area contributed by atoms with Gasteiger partial charge in [-0.3, -0.25) is 9.77 Å². The van der Waals surface area contributed by atoms with Crippen molar-refractivity contribution in [2.24, 2.45) is 0 Å². The van der Waals surface area contributed by atoms with E-state index in [4.69, 9.17) is 27.7 Å². The number of carbonyl (C=O) groups excluding carboxylic acids is 1. The maximum Gasteiger partial charge on any atom is 0.416 e. The summed E-state index contributed by atoms with van der Waals surface area (Å²) in [6, 6.07) is 2.85. The van der Waals surface area contributed by atoms with E-state index >= 15 is 0 Å². The molecule has 1 aliphatic rings. The van der Waals surface area contributed by atoms with E-state index in [2.05, 4.69) is 10.4 Å². The number of alkyl halides is 5. The SMILES string of the molecule is O=C(Nc1cccc(C(F)(F)F)c1)N(O)C1CCOP(=O)(N(CCCl)CCCl)N1. The first-order valence-corrected chi connectivity index (χ1v) is 11.1. The first kappa shape index (κ1) is 24.2. The number of halogens is 5. The van der Waals surface area contributed by atoms with Gasteiger partial charge in [-0.1, -0.05) is 6.07 Å². The lowest BCUT2D eigenvalue weighted by molar-refractivity contribution is -0.137. The Morgan fingerprint density at radius 1 is 1.34 bits per heavy atom. The number of hydrogen-bond donors (Lipinski definition) is 3. The van der Waals surface area contributed by atoms with Crippen molar-refractivity contribution in [2.75, 3.05) is 36.8 Å². The molecule has 0 aliphatic carbocycles. The fourth-order valence-corrected chi connectivity index (χ4v) is 5.32. The van der Waals surface area contributed by atoms with Gasteiger partial charge in [-0.15, -0.1) is 23.2 Å². The minimum atomic E-state index is -4.58. The third-order valence-electron chi connectivity index (χ3n) is 3.97. The molecule has 2 amide bonds. The number of amides is 2. The molecular formula is C15H20Cl2F3N4O4P. The van der Waals surface area contributed by atoms with Crippen LogP contribution in [-0.2, 0) is 15.3 Å². The van der Waals surface area contributed by atoms with Crippen molar-refractivity contribution >= 4 is 42.6 Å². The molecule has 2 atom stereocenters. The predicted molar refractivity (Wildman–Crippen MR) is 102 cm³/mol. The van der Waals surface area contributed by atoms with E-state index in [1.807, 2.05) is 0 Å². The van der Waals surface area contributed by atoms with Gasteiger partial charge >= 0.3 is 19.9 Å². The van der Waals surface area contributed by atoms with Crippen LogP contribution >= 0.6 is 30.9 Å². The lowest BCUT2D eigenvalue weighted by Gasteiger charge is -2.39. The second kappa shape index (κ2) is 10.3. The van der Waals surface area contributed by atoms with Gasteiger partial charge in [0.2, 0.25) is 0 Å². The van der Waals surface area contributed by atoms with Crippen LogP contribution in [0.25, 0.3) is 0 Å². The van der Waals surface area contributed by atoms with Gasteiger partial charge in [0.25, 0.3) is 0 Å². The van der Waals surface area contributed by atoms with Crippen molar-refractivity contribution in [3.63, 3.8) is 0 Å². The Balaban J connectivity index is 2.08. The fourth-order valence-electron chi connectivity index (χ4n) is 2.58. The van der Waals surface area contributed by atoms with Gasteiger partial charge in [-0.05, 0) is 18.2 Å². The molecule has 2 unspecified atom stereocenters. The van der Waals surface area contributed by atoms with Crippen molar-refractivity contribution in [1.29, 1.82) is 0 Å². The Bertz CT molecular complexity index is 753. The second-order valence-corrected chi connectivity index (χ2v) is 8.85. The topological polar surface area (TPSA) is 94.1 Å². The summed E-state index contributed by atoms with van der Waals surface area (Å²) < 4.78 is 58.1. The maximum atomic E-state index is 13.0. The minimum absolute atomic E-state index is 0.0378. The highest BCUT2D eigenvalue weighted by atomic mass is 35.5. The molecule has 1 aromatic carbocycles. The summed E-state index contributed by atoms with van der Waals surface area (Å²) in [5.41, 5.74) is -1.11. The van der Waals surface area contributed by atoms with Gasteiger partial charge in [0.15, 0.2) is 0 Å². The number of nitrogens with one attached hydrogen (secondary N) is 2. The van der Waals surface area contributed by atoms with Gasteiger partial charge in [-0.25, -0.2) is 14.6 Å². The third-order valence-corrected chi connectivity index (χ3v) is 6.61. The molecule has 2 rings (SSSR count). The summed E-state index contributed by atoms with van der Waals surface area (Å²) in [6.45, 7) is 0.337. The molecule has 1 aromatic rings. The molecule has 0 radical (unpaired) electrons. The minimum Gasteiger partial charge on any atom is -0.306 e. The molecule has 14 heteroatoms. The molecule has 0 spiro atoms. The summed E-state index contributed by atoms with van der Waals surface area (Å²) in [4.78, 5) is 12.3. The van der Waals surface area contributed by atoms with Crippen LogP contribution in [0, 0.1) is 0 Å². The van der Waals surface area contributed by atoms with Crippen LogP contribution in [0.2, 0.25) is 0 Å². The number of nitrogens with zero attached hydrogens (tertiary/aromatic N) is 2. The number of rotatable bonds is 7. The third kappa shape index (κ3) is 6.45. The molecule has 1 aliphatic heterocycles. The zero-order valence-corrected chi connectivity index (χ0v) is 17.4. The summed E-state index contributed by atoms with van der Waals surface area (Å²) in [5.74, 6) is 0.297. The number of carbonyl (C=O) groups is 1.